The molecule has 2 heterocycles. The first kappa shape index (κ1) is 22.6. The summed E-state index contributed by atoms with van der Waals surface area (Å²) in [6.07, 6.45) is 7.58. The highest BCUT2D eigenvalue weighted by Crippen LogP contribution is 2.30. The van der Waals surface area contributed by atoms with Crippen LogP contribution in [-0.4, -0.2) is 28.5 Å². The lowest BCUT2D eigenvalue weighted by Gasteiger charge is -2.13. The summed E-state index contributed by atoms with van der Waals surface area (Å²) in [7, 11) is 0. The molecule has 0 atom stereocenters. The molecule has 1 fully saturated rings. The van der Waals surface area contributed by atoms with Crippen LogP contribution < -0.4 is 16.0 Å². The number of carbonyl (C=O) groups excluding carboxylic acids is 2. The number of halogens is 1. The van der Waals surface area contributed by atoms with Crippen molar-refractivity contribution in [2.45, 2.75) is 46.0 Å². The van der Waals surface area contributed by atoms with Crippen LogP contribution in [0, 0.1) is 18.7 Å². The van der Waals surface area contributed by atoms with E-state index in [1.54, 1.807) is 24.4 Å². The van der Waals surface area contributed by atoms with Crippen molar-refractivity contribution in [3.05, 3.63) is 48.0 Å². The first-order valence-electron chi connectivity index (χ1n) is 11.3. The molecule has 0 bridgehead atoms. The van der Waals surface area contributed by atoms with Gasteiger partial charge in [0.1, 0.15) is 11.6 Å². The summed E-state index contributed by atoms with van der Waals surface area (Å²) in [4.78, 5) is 32.4. The molecular weight excluding hydrogens is 421 g/mol. The Balaban J connectivity index is 1.50. The van der Waals surface area contributed by atoms with E-state index in [-0.39, 0.29) is 11.6 Å². The number of carbonyl (C=O) groups is 2. The van der Waals surface area contributed by atoms with Crippen molar-refractivity contribution in [3.63, 3.8) is 0 Å². The Hall–Kier alpha value is -3.55. The molecule has 1 aliphatic carbocycles. The minimum absolute atomic E-state index is 0.115. The fourth-order valence-corrected chi connectivity index (χ4v) is 4.35. The number of amides is 3. The third-order valence-corrected chi connectivity index (χ3v) is 6.03. The minimum atomic E-state index is -0.502. The quantitative estimate of drug-likeness (QED) is 0.469. The van der Waals surface area contributed by atoms with Crippen LogP contribution in [0.5, 0.6) is 0 Å². The number of nitrogens with one attached hydrogen (secondary N) is 3. The van der Waals surface area contributed by atoms with E-state index in [1.807, 2.05) is 13.0 Å². The summed E-state index contributed by atoms with van der Waals surface area (Å²) in [6, 6.07) is 7.83. The summed E-state index contributed by atoms with van der Waals surface area (Å²) >= 11 is 0. The highest BCUT2D eigenvalue weighted by molar-refractivity contribution is 5.93. The second-order valence-corrected chi connectivity index (χ2v) is 8.58. The third-order valence-electron chi connectivity index (χ3n) is 6.03. The Morgan fingerprint density at radius 1 is 1.12 bits per heavy atom. The number of hydrogen-bond acceptors (Lipinski definition) is 4. The number of urea groups is 1. The molecule has 3 amide bonds. The second-order valence-electron chi connectivity index (χ2n) is 8.58. The van der Waals surface area contributed by atoms with Gasteiger partial charge in [0.05, 0.1) is 11.2 Å². The average Bonchev–Trinajstić information content (AvgIpc) is 3.28. The van der Waals surface area contributed by atoms with Gasteiger partial charge in [-0.2, -0.15) is 0 Å². The van der Waals surface area contributed by atoms with Gasteiger partial charge in [-0.15, -0.1) is 0 Å². The minimum Gasteiger partial charge on any atom is -0.338 e. The molecule has 7 nitrogen and oxygen atoms in total. The van der Waals surface area contributed by atoms with Crippen molar-refractivity contribution in [1.29, 1.82) is 0 Å². The molecule has 172 valence electrons. The topological polar surface area (TPSA) is 96.0 Å². The molecule has 33 heavy (non-hydrogen) atoms. The van der Waals surface area contributed by atoms with E-state index in [4.69, 9.17) is 0 Å². The summed E-state index contributed by atoms with van der Waals surface area (Å²) in [5.74, 6) is 0.404. The number of aryl methyl sites for hydroxylation is 1. The van der Waals surface area contributed by atoms with E-state index in [2.05, 4.69) is 25.9 Å². The summed E-state index contributed by atoms with van der Waals surface area (Å²) < 4.78 is 14.4. The van der Waals surface area contributed by atoms with Gasteiger partial charge in [0, 0.05) is 42.4 Å². The Morgan fingerprint density at radius 2 is 1.91 bits per heavy atom. The Labute approximate surface area is 192 Å². The molecule has 3 N–H and O–H groups in total. The molecule has 1 aromatic carbocycles. The average molecular weight is 450 g/mol. The highest BCUT2D eigenvalue weighted by Gasteiger charge is 2.16. The number of aromatic nitrogens is 2. The maximum Gasteiger partial charge on any atom is 0.319 e. The van der Waals surface area contributed by atoms with E-state index in [1.165, 1.54) is 38.7 Å². The zero-order chi connectivity index (χ0) is 23.4. The van der Waals surface area contributed by atoms with E-state index < -0.39 is 11.8 Å². The maximum absolute atomic E-state index is 14.4. The smallest absolute Gasteiger partial charge is 0.319 e. The van der Waals surface area contributed by atoms with Gasteiger partial charge in [-0.1, -0.05) is 31.7 Å². The van der Waals surface area contributed by atoms with Crippen LogP contribution in [-0.2, 0) is 4.79 Å². The van der Waals surface area contributed by atoms with Crippen LogP contribution in [0.25, 0.3) is 22.0 Å². The largest absolute Gasteiger partial charge is 0.338 e. The summed E-state index contributed by atoms with van der Waals surface area (Å²) in [5, 5.41) is 8.89. The Bertz CT molecular complexity index is 1190. The number of nitrogens with zero attached hydrogens (tertiary/aromatic N) is 2. The predicted octanol–water partition coefficient (Wildman–Crippen LogP) is 5.40. The van der Waals surface area contributed by atoms with Crippen LogP contribution in [0.15, 0.2) is 36.5 Å². The second kappa shape index (κ2) is 9.94. The molecule has 8 heteroatoms. The zero-order valence-corrected chi connectivity index (χ0v) is 18.9. The lowest BCUT2D eigenvalue weighted by atomic mass is 10.0. The van der Waals surface area contributed by atoms with Crippen LogP contribution in [0.3, 0.4) is 0 Å². The van der Waals surface area contributed by atoms with Crippen molar-refractivity contribution in [1.82, 2.24) is 15.3 Å². The van der Waals surface area contributed by atoms with Crippen molar-refractivity contribution in [2.24, 2.45) is 5.92 Å². The standard InChI is InChI=1S/C25H28FN5O2/c1-15-20(11-19-14-28-24(30-16(2)32)13-22(19)29-15)18-7-8-21(26)23(12-18)31-25(33)27-10-9-17-5-3-4-6-17/h7-8,11-14,17H,3-6,9-10H2,1-2H3,(H2,27,31,33)(H,28,30,32). The number of benzene rings is 1. The highest BCUT2D eigenvalue weighted by atomic mass is 19.1. The molecule has 1 saturated carbocycles. The van der Waals surface area contributed by atoms with Crippen LogP contribution in [0.1, 0.15) is 44.7 Å². The first-order valence-corrected chi connectivity index (χ1v) is 11.3. The van der Waals surface area contributed by atoms with Crippen LogP contribution in [0.4, 0.5) is 20.7 Å². The maximum atomic E-state index is 14.4. The number of hydrogen-bond donors (Lipinski definition) is 3. The van der Waals surface area contributed by atoms with Crippen LogP contribution in [0.2, 0.25) is 0 Å². The van der Waals surface area contributed by atoms with E-state index >= 15 is 0 Å². The Kier molecular flexibility index (Phi) is 6.82. The molecule has 2 aromatic heterocycles. The van der Waals surface area contributed by atoms with Crippen LogP contribution >= 0.6 is 0 Å². The zero-order valence-electron chi connectivity index (χ0n) is 18.9. The number of pyridine rings is 2. The molecular formula is C25H28FN5O2. The Morgan fingerprint density at radius 3 is 2.67 bits per heavy atom. The number of fused-ring (bicyclic) bond motifs is 1. The molecule has 0 unspecified atom stereocenters. The van der Waals surface area contributed by atoms with Crippen molar-refractivity contribution < 1.29 is 14.0 Å². The van der Waals surface area contributed by atoms with E-state index in [0.29, 0.717) is 23.8 Å². The van der Waals surface area contributed by atoms with E-state index in [0.717, 1.165) is 28.6 Å². The number of anilines is 2. The summed E-state index contributed by atoms with van der Waals surface area (Å²) in [5.41, 5.74) is 3.08. The molecule has 0 radical (unpaired) electrons. The molecule has 0 saturated heterocycles. The normalized spacial score (nSPS) is 13.8. The van der Waals surface area contributed by atoms with Crippen molar-refractivity contribution in [3.8, 4) is 11.1 Å². The third kappa shape index (κ3) is 5.63. The fraction of sp³-hybridized carbons (Fsp3) is 0.360. The van der Waals surface area contributed by atoms with Gasteiger partial charge in [-0.25, -0.2) is 14.2 Å². The SMILES string of the molecule is CC(=O)Nc1cc2nc(C)c(-c3ccc(F)c(NC(=O)NCCC4CCCC4)c3)cc2cn1. The molecule has 0 spiro atoms. The van der Waals surface area contributed by atoms with Gasteiger partial charge in [0.2, 0.25) is 5.91 Å². The molecule has 3 aromatic rings. The van der Waals surface area contributed by atoms with Crippen molar-refractivity contribution >= 4 is 34.3 Å². The lowest BCUT2D eigenvalue weighted by Crippen LogP contribution is -2.30. The lowest BCUT2D eigenvalue weighted by molar-refractivity contribution is -0.114. The van der Waals surface area contributed by atoms with Crippen molar-refractivity contribution in [2.75, 3.05) is 17.2 Å². The molecule has 1 aliphatic rings. The van der Waals surface area contributed by atoms with Gasteiger partial charge in [0.15, 0.2) is 0 Å². The van der Waals surface area contributed by atoms with Gasteiger partial charge < -0.3 is 16.0 Å². The predicted molar refractivity (Wildman–Crippen MR) is 128 cm³/mol. The first-order chi connectivity index (χ1) is 15.9. The van der Waals surface area contributed by atoms with E-state index in [9.17, 15) is 14.0 Å². The molecule has 4 rings (SSSR count). The molecule has 0 aliphatic heterocycles. The van der Waals surface area contributed by atoms with Gasteiger partial charge >= 0.3 is 6.03 Å². The number of rotatable bonds is 6. The fourth-order valence-electron chi connectivity index (χ4n) is 4.35. The monoisotopic (exact) mass is 449 g/mol. The summed E-state index contributed by atoms with van der Waals surface area (Å²) in [6.45, 7) is 3.86. The van der Waals surface area contributed by atoms with Gasteiger partial charge in [-0.3, -0.25) is 9.78 Å². The van der Waals surface area contributed by atoms with Gasteiger partial charge in [-0.05, 0) is 43.0 Å². The van der Waals surface area contributed by atoms with Gasteiger partial charge in [0.25, 0.3) is 0 Å².